The van der Waals surface area contributed by atoms with Crippen LogP contribution in [0, 0.1) is 6.92 Å². The fourth-order valence-electron chi connectivity index (χ4n) is 3.87. The Bertz CT molecular complexity index is 914. The third-order valence-electron chi connectivity index (χ3n) is 5.09. The number of aryl methyl sites for hydroxylation is 1. The molecule has 3 heterocycles. The van der Waals surface area contributed by atoms with E-state index in [1.54, 1.807) is 11.3 Å². The molecule has 156 valence electrons. The summed E-state index contributed by atoms with van der Waals surface area (Å²) in [6.07, 6.45) is 0.131. The molecule has 1 atom stereocenters. The Labute approximate surface area is 180 Å². The molecular weight excluding hydrogens is 410 g/mol. The van der Waals surface area contributed by atoms with Gasteiger partial charge in [-0.05, 0) is 69.0 Å². The number of halogens is 1. The number of hydrogen-bond acceptors (Lipinski definition) is 5. The number of amides is 1. The zero-order valence-electron chi connectivity index (χ0n) is 17.2. The average molecular weight is 436 g/mol. The van der Waals surface area contributed by atoms with Crippen molar-refractivity contribution in [3.05, 3.63) is 55.7 Å². The van der Waals surface area contributed by atoms with Gasteiger partial charge in [0.15, 0.2) is 6.29 Å². The van der Waals surface area contributed by atoms with Crippen molar-refractivity contribution in [2.75, 3.05) is 19.8 Å². The molecule has 0 saturated carbocycles. The summed E-state index contributed by atoms with van der Waals surface area (Å²) in [5, 5.41) is 0.662. The van der Waals surface area contributed by atoms with Crippen LogP contribution in [0.25, 0.3) is 0 Å². The van der Waals surface area contributed by atoms with Gasteiger partial charge in [0.25, 0.3) is 0 Å². The van der Waals surface area contributed by atoms with Crippen molar-refractivity contribution in [1.82, 2.24) is 4.90 Å². The minimum Gasteiger partial charge on any atom is -0.444 e. The number of nitrogens with zero attached hydrogens (tertiary/aromatic N) is 1. The number of benzene rings is 1. The molecule has 29 heavy (non-hydrogen) atoms. The zero-order valence-corrected chi connectivity index (χ0v) is 18.7. The van der Waals surface area contributed by atoms with Gasteiger partial charge >= 0.3 is 6.09 Å². The number of carbonyl (C=O) groups excluding carboxylic acids is 1. The molecule has 1 saturated heterocycles. The maximum Gasteiger partial charge on any atom is 0.411 e. The van der Waals surface area contributed by atoms with Crippen molar-refractivity contribution in [2.45, 2.75) is 52.0 Å². The van der Waals surface area contributed by atoms with E-state index in [0.29, 0.717) is 24.8 Å². The van der Waals surface area contributed by atoms with Crippen LogP contribution in [0.2, 0.25) is 5.02 Å². The second-order valence-electron chi connectivity index (χ2n) is 8.40. The Morgan fingerprint density at radius 1 is 1.21 bits per heavy atom. The number of rotatable bonds is 2. The highest BCUT2D eigenvalue weighted by molar-refractivity contribution is 7.12. The van der Waals surface area contributed by atoms with Crippen molar-refractivity contribution in [3.8, 4) is 0 Å². The average Bonchev–Trinajstić information content (AvgIpc) is 3.28. The Balaban J connectivity index is 1.77. The largest absolute Gasteiger partial charge is 0.444 e. The van der Waals surface area contributed by atoms with Crippen molar-refractivity contribution >= 4 is 29.0 Å². The van der Waals surface area contributed by atoms with Gasteiger partial charge < -0.3 is 14.2 Å². The lowest BCUT2D eigenvalue weighted by Gasteiger charge is -2.38. The van der Waals surface area contributed by atoms with Gasteiger partial charge in [-0.25, -0.2) is 4.79 Å². The third kappa shape index (κ3) is 4.31. The fraction of sp³-hybridized carbons (Fsp3) is 0.500. The Morgan fingerprint density at radius 2 is 1.93 bits per heavy atom. The van der Waals surface area contributed by atoms with Crippen molar-refractivity contribution in [1.29, 1.82) is 0 Å². The second-order valence-corrected chi connectivity index (χ2v) is 10.1. The molecule has 0 radical (unpaired) electrons. The molecule has 2 aliphatic heterocycles. The number of ether oxygens (including phenoxy) is 3. The summed E-state index contributed by atoms with van der Waals surface area (Å²) in [6, 6.07) is 7.79. The summed E-state index contributed by atoms with van der Waals surface area (Å²) in [7, 11) is 0. The summed E-state index contributed by atoms with van der Waals surface area (Å²) < 4.78 is 17.1. The summed E-state index contributed by atoms with van der Waals surface area (Å²) in [6.45, 7) is 9.53. The molecule has 2 aliphatic rings. The minimum absolute atomic E-state index is 0.251. The van der Waals surface area contributed by atoms with Crippen molar-refractivity contribution in [3.63, 3.8) is 0 Å². The maximum atomic E-state index is 13.1. The topological polar surface area (TPSA) is 48.0 Å². The van der Waals surface area contributed by atoms with E-state index >= 15 is 0 Å². The molecule has 1 fully saturated rings. The maximum absolute atomic E-state index is 13.1. The second kappa shape index (κ2) is 7.91. The Hall–Kier alpha value is -1.60. The first-order valence-corrected chi connectivity index (χ1v) is 11.0. The van der Waals surface area contributed by atoms with Gasteiger partial charge in [0.05, 0.1) is 24.1 Å². The van der Waals surface area contributed by atoms with Gasteiger partial charge in [0.2, 0.25) is 0 Å². The van der Waals surface area contributed by atoms with E-state index in [9.17, 15) is 4.79 Å². The highest BCUT2D eigenvalue weighted by Gasteiger charge is 2.37. The van der Waals surface area contributed by atoms with E-state index in [1.165, 1.54) is 5.56 Å². The monoisotopic (exact) mass is 435 g/mol. The lowest BCUT2D eigenvalue weighted by molar-refractivity contribution is -0.0413. The third-order valence-corrected chi connectivity index (χ3v) is 6.41. The molecule has 2 aromatic rings. The fourth-order valence-corrected chi connectivity index (χ4v) is 5.11. The van der Waals surface area contributed by atoms with Gasteiger partial charge in [0.1, 0.15) is 5.60 Å². The smallest absolute Gasteiger partial charge is 0.411 e. The minimum atomic E-state index is -0.559. The first-order valence-electron chi connectivity index (χ1n) is 9.84. The molecule has 0 aliphatic carbocycles. The molecule has 1 aromatic heterocycles. The van der Waals surface area contributed by atoms with Crippen LogP contribution in [-0.4, -0.2) is 36.4 Å². The van der Waals surface area contributed by atoms with Crippen LogP contribution in [-0.2, 0) is 20.6 Å². The van der Waals surface area contributed by atoms with Crippen LogP contribution in [0.15, 0.2) is 24.3 Å². The zero-order chi connectivity index (χ0) is 20.8. The lowest BCUT2D eigenvalue weighted by Crippen LogP contribution is -2.43. The van der Waals surface area contributed by atoms with Gasteiger partial charge in [-0.15, -0.1) is 11.3 Å². The summed E-state index contributed by atoms with van der Waals surface area (Å²) in [5.41, 5.74) is 2.77. The highest BCUT2D eigenvalue weighted by Crippen LogP contribution is 2.43. The normalized spacial score (nSPS) is 20.0. The van der Waals surface area contributed by atoms with Crippen LogP contribution in [0.3, 0.4) is 0 Å². The van der Waals surface area contributed by atoms with Gasteiger partial charge in [-0.1, -0.05) is 17.7 Å². The van der Waals surface area contributed by atoms with Gasteiger partial charge in [-0.3, -0.25) is 4.90 Å². The summed E-state index contributed by atoms with van der Waals surface area (Å²) in [4.78, 5) is 17.1. The van der Waals surface area contributed by atoms with E-state index in [0.717, 1.165) is 27.3 Å². The van der Waals surface area contributed by atoms with E-state index in [2.05, 4.69) is 19.1 Å². The standard InChI is InChI=1S/C22H26ClNO4S/c1-13-16(12-18(29-13)20-26-9-10-27-20)19-17-11-15(23)6-5-14(17)7-8-24(19)21(25)28-22(2,3)4/h5-6,11-12,19-20H,7-10H2,1-4H3. The molecule has 0 spiro atoms. The number of carbonyl (C=O) groups is 1. The molecule has 1 unspecified atom stereocenters. The quantitative estimate of drug-likeness (QED) is 0.612. The van der Waals surface area contributed by atoms with Crippen molar-refractivity contribution in [2.24, 2.45) is 0 Å². The molecule has 7 heteroatoms. The van der Waals surface area contributed by atoms with Crippen LogP contribution in [0.4, 0.5) is 4.79 Å². The molecule has 5 nitrogen and oxygen atoms in total. The van der Waals surface area contributed by atoms with Gasteiger partial charge in [0, 0.05) is 16.4 Å². The predicted octanol–water partition coefficient (Wildman–Crippen LogP) is 5.64. The molecule has 4 rings (SSSR count). The molecular formula is C22H26ClNO4S. The predicted molar refractivity (Wildman–Crippen MR) is 114 cm³/mol. The Kier molecular flexibility index (Phi) is 5.64. The lowest BCUT2D eigenvalue weighted by atomic mass is 9.88. The van der Waals surface area contributed by atoms with Gasteiger partial charge in [-0.2, -0.15) is 0 Å². The Morgan fingerprint density at radius 3 is 2.62 bits per heavy atom. The van der Waals surface area contributed by atoms with Crippen LogP contribution >= 0.6 is 22.9 Å². The van der Waals surface area contributed by atoms with E-state index in [-0.39, 0.29) is 18.4 Å². The van der Waals surface area contributed by atoms with Crippen molar-refractivity contribution < 1.29 is 19.0 Å². The molecule has 1 amide bonds. The number of fused-ring (bicyclic) bond motifs is 1. The molecule has 1 aromatic carbocycles. The van der Waals surface area contributed by atoms with E-state index < -0.39 is 5.60 Å². The van der Waals surface area contributed by atoms with Crippen LogP contribution < -0.4 is 0 Å². The molecule has 0 N–H and O–H groups in total. The van der Waals surface area contributed by atoms with E-state index in [1.807, 2.05) is 37.8 Å². The summed E-state index contributed by atoms with van der Waals surface area (Å²) in [5.74, 6) is 0. The van der Waals surface area contributed by atoms with Crippen LogP contribution in [0.1, 0.15) is 59.5 Å². The SMILES string of the molecule is Cc1sc(C2OCCO2)cc1C1c2cc(Cl)ccc2CCN1C(=O)OC(C)(C)C. The highest BCUT2D eigenvalue weighted by atomic mass is 35.5. The summed E-state index contributed by atoms with van der Waals surface area (Å²) >= 11 is 7.99. The first kappa shape index (κ1) is 20.7. The van der Waals surface area contributed by atoms with Crippen LogP contribution in [0.5, 0.6) is 0 Å². The number of hydrogen-bond donors (Lipinski definition) is 0. The molecule has 0 bridgehead atoms. The first-order chi connectivity index (χ1) is 13.7. The van der Waals surface area contributed by atoms with E-state index in [4.69, 9.17) is 25.8 Å². The number of thiophene rings is 1.